The third kappa shape index (κ3) is 21.8. The molecule has 29 nitrogen and oxygen atoms in total. The fraction of sp³-hybridized carbons (Fsp3) is 0.0941. The zero-order valence-electron chi connectivity index (χ0n) is 63.6. The number of hydrogen-bond donors (Lipinski definition) is 2. The highest BCUT2D eigenvalue weighted by Crippen LogP contribution is 2.26. The standard InChI is InChI=1S/C23H15F2N5O2.C23H21N7O.C22H19N7O.C17H14FN5O/c1-14-27-20(19-4-2-3-13-26-19)29-23(28-14)30(21(31)15-5-9-17(24)10-6-15)22(32)16-7-11-18(25)12-8-16;1-16-26-21(19-10-6-7-13-24-19)28-23(27-16)29-22(31)18-11-12-20(25-14-18)30(2)15-17-8-4-3-5-9-17;1-15-25-20(18-10-6-7-13-23-18)27-22(26-15)28-21(30)16-11-12-19(24-14-16)29(2)17-8-4-3-5-9-17;1-11-20-15(14-5-3-4-10-19-14)22-17(21-11)23(2)16(24)12-6-8-13(18)9-7-12/h2-13H,1H3;3-14H,15H2,1-2H3,(H,26,27,28,29,31);3-14H,1-2H3,(H,25,26,27,28,30);3-10H,1-2H3. The maximum absolute atomic E-state index is 13.4. The van der Waals surface area contributed by atoms with Crippen LogP contribution in [0.5, 0.6) is 0 Å². The number of amides is 5. The van der Waals surface area contributed by atoms with E-state index in [-0.39, 0.29) is 64.3 Å². The summed E-state index contributed by atoms with van der Waals surface area (Å²) >= 11 is 0. The highest BCUT2D eigenvalue weighted by molar-refractivity contribution is 6.25. The molecule has 15 rings (SSSR count). The Morgan fingerprint density at radius 2 is 0.667 bits per heavy atom. The molecule has 0 unspecified atom stereocenters. The first-order valence-electron chi connectivity index (χ1n) is 35.7. The van der Waals surface area contributed by atoms with Gasteiger partial charge in [-0.15, -0.1) is 0 Å². The van der Waals surface area contributed by atoms with E-state index in [1.165, 1.54) is 65.2 Å². The fourth-order valence-corrected chi connectivity index (χ4v) is 10.8. The van der Waals surface area contributed by atoms with Crippen LogP contribution in [-0.2, 0) is 6.54 Å². The summed E-state index contributed by atoms with van der Waals surface area (Å²) < 4.78 is 39.7. The number of pyridine rings is 6. The zero-order chi connectivity index (χ0) is 82.3. The number of halogens is 3. The van der Waals surface area contributed by atoms with Crippen LogP contribution in [0, 0.1) is 45.1 Å². The summed E-state index contributed by atoms with van der Waals surface area (Å²) in [5, 5.41) is 5.42. The highest BCUT2D eigenvalue weighted by Gasteiger charge is 2.30. The minimum Gasteiger partial charge on any atom is -0.355 e. The average Bonchev–Trinajstić information content (AvgIpc) is 0.797. The number of nitrogens with one attached hydrogen (secondary N) is 2. The molecular formula is C85H69F3N24O5. The van der Waals surface area contributed by atoms with Crippen LogP contribution in [0.4, 0.5) is 54.3 Å². The van der Waals surface area contributed by atoms with Gasteiger partial charge in [0.1, 0.15) is 75.2 Å². The number of anilines is 7. The molecular weight excluding hydrogens is 1490 g/mol. The predicted molar refractivity (Wildman–Crippen MR) is 432 cm³/mol. The van der Waals surface area contributed by atoms with E-state index in [0.29, 0.717) is 74.4 Å². The molecule has 5 aromatic carbocycles. The molecule has 32 heteroatoms. The molecule has 117 heavy (non-hydrogen) atoms. The quantitative estimate of drug-likeness (QED) is 0.0753. The molecule has 10 aromatic heterocycles. The Hall–Kier alpha value is -16.0. The van der Waals surface area contributed by atoms with Gasteiger partial charge in [-0.25, -0.2) is 48.0 Å². The molecule has 0 atom stereocenters. The van der Waals surface area contributed by atoms with Crippen LogP contribution in [0.2, 0.25) is 0 Å². The minimum absolute atomic E-state index is 0.0410. The SMILES string of the molecule is Cc1nc(-c2ccccn2)nc(N(C(=O)c2ccc(F)cc2)C(=O)c2ccc(F)cc2)n1.Cc1nc(-c2ccccn2)nc(N(C)C(=O)c2ccc(F)cc2)n1.Cc1nc(NC(=O)c2ccc(N(C)Cc3ccccc3)nc2)nc(-c2ccccn2)n1.Cc1nc(NC(=O)c2ccc(N(C)c3ccccc3)nc2)nc(-c2ccccn2)n1. The van der Waals surface area contributed by atoms with Gasteiger partial charge in [0.25, 0.3) is 29.5 Å². The number of hydrogen-bond acceptors (Lipinski definition) is 25. The molecule has 2 N–H and O–H groups in total. The van der Waals surface area contributed by atoms with E-state index in [1.54, 1.807) is 126 Å². The van der Waals surface area contributed by atoms with Crippen molar-refractivity contribution in [1.29, 1.82) is 0 Å². The van der Waals surface area contributed by atoms with Gasteiger partial charge < -0.3 is 9.80 Å². The maximum Gasteiger partial charge on any atom is 0.267 e. The van der Waals surface area contributed by atoms with Crippen LogP contribution < -0.4 is 30.2 Å². The summed E-state index contributed by atoms with van der Waals surface area (Å²) in [5.74, 6) is 0.781. The first-order chi connectivity index (χ1) is 56.6. The predicted octanol–water partition coefficient (Wildman–Crippen LogP) is 13.8. The van der Waals surface area contributed by atoms with Gasteiger partial charge in [0.2, 0.25) is 23.8 Å². The van der Waals surface area contributed by atoms with Crippen LogP contribution in [0.25, 0.3) is 46.1 Å². The normalized spacial score (nSPS) is 10.5. The number of rotatable bonds is 18. The summed E-state index contributed by atoms with van der Waals surface area (Å²) in [6.45, 7) is 7.50. The van der Waals surface area contributed by atoms with Crippen molar-refractivity contribution in [3.63, 3.8) is 0 Å². The van der Waals surface area contributed by atoms with E-state index in [9.17, 15) is 37.1 Å². The van der Waals surface area contributed by atoms with Crippen LogP contribution in [-0.4, -0.2) is 140 Å². The van der Waals surface area contributed by atoms with Crippen LogP contribution in [0.3, 0.4) is 0 Å². The topological polar surface area (TPSA) is 354 Å². The van der Waals surface area contributed by atoms with Crippen molar-refractivity contribution in [3.8, 4) is 46.1 Å². The number of imide groups is 1. The molecule has 0 aliphatic rings. The summed E-state index contributed by atoms with van der Waals surface area (Å²) in [7, 11) is 5.44. The van der Waals surface area contributed by atoms with Gasteiger partial charge in [-0.05, 0) is 191 Å². The molecule has 580 valence electrons. The molecule has 0 fully saturated rings. The Kier molecular flexibility index (Phi) is 26.3. The Labute approximate surface area is 667 Å². The fourth-order valence-electron chi connectivity index (χ4n) is 10.8. The molecule has 0 bridgehead atoms. The number of benzene rings is 5. The van der Waals surface area contributed by atoms with E-state index in [1.807, 2.05) is 109 Å². The largest absolute Gasteiger partial charge is 0.355 e. The van der Waals surface area contributed by atoms with Crippen molar-refractivity contribution in [1.82, 2.24) is 89.7 Å². The number of nitrogens with zero attached hydrogens (tertiary/aromatic N) is 22. The second-order valence-electron chi connectivity index (χ2n) is 25.2. The summed E-state index contributed by atoms with van der Waals surface area (Å²) in [6, 6.07) is 63.2. The molecule has 15 aromatic rings. The van der Waals surface area contributed by atoms with Crippen molar-refractivity contribution >= 4 is 70.7 Å². The summed E-state index contributed by atoms with van der Waals surface area (Å²) in [6.07, 6.45) is 9.58. The number of carbonyl (C=O) groups excluding carboxylic acids is 5. The first-order valence-corrected chi connectivity index (χ1v) is 35.7. The molecule has 0 radical (unpaired) electrons. The van der Waals surface area contributed by atoms with Gasteiger partial charge in [-0.2, -0.15) is 39.9 Å². The van der Waals surface area contributed by atoms with E-state index < -0.39 is 29.3 Å². The lowest BCUT2D eigenvalue weighted by Gasteiger charge is -2.20. The monoisotopic (exact) mass is 1560 g/mol. The first kappa shape index (κ1) is 80.5. The lowest BCUT2D eigenvalue weighted by atomic mass is 10.1. The third-order valence-electron chi connectivity index (χ3n) is 16.6. The van der Waals surface area contributed by atoms with Gasteiger partial charge >= 0.3 is 0 Å². The molecule has 0 saturated heterocycles. The Balaban J connectivity index is 0.000000144. The van der Waals surface area contributed by atoms with E-state index in [0.717, 1.165) is 53.0 Å². The van der Waals surface area contributed by atoms with E-state index in [4.69, 9.17) is 0 Å². The van der Waals surface area contributed by atoms with Crippen molar-refractivity contribution in [2.75, 3.05) is 51.4 Å². The van der Waals surface area contributed by atoms with Gasteiger partial charge in [0.15, 0.2) is 23.3 Å². The van der Waals surface area contributed by atoms with Crippen LogP contribution in [0.1, 0.15) is 80.7 Å². The van der Waals surface area contributed by atoms with E-state index >= 15 is 0 Å². The smallest absolute Gasteiger partial charge is 0.267 e. The van der Waals surface area contributed by atoms with Crippen LogP contribution >= 0.6 is 0 Å². The van der Waals surface area contributed by atoms with Gasteiger partial charge in [0.05, 0.1) is 11.1 Å². The Morgan fingerprint density at radius 3 is 1.05 bits per heavy atom. The van der Waals surface area contributed by atoms with Gasteiger partial charge in [-0.3, -0.25) is 59.4 Å². The number of para-hydroxylation sites is 1. The molecule has 0 aliphatic heterocycles. The number of carbonyl (C=O) groups is 5. The zero-order valence-corrected chi connectivity index (χ0v) is 63.6. The molecule has 0 aliphatic carbocycles. The molecule has 0 spiro atoms. The molecule has 10 heterocycles. The number of aryl methyl sites for hydroxylation is 4. The van der Waals surface area contributed by atoms with E-state index in [2.05, 4.69) is 112 Å². The summed E-state index contributed by atoms with van der Waals surface area (Å²) in [5.41, 5.74) is 5.65. The summed E-state index contributed by atoms with van der Waals surface area (Å²) in [4.78, 5) is 147. The van der Waals surface area contributed by atoms with Crippen LogP contribution in [0.15, 0.2) is 268 Å². The second-order valence-corrected chi connectivity index (χ2v) is 25.2. The van der Waals surface area contributed by atoms with Gasteiger partial charge in [-0.1, -0.05) is 72.8 Å². The van der Waals surface area contributed by atoms with Crippen molar-refractivity contribution in [2.24, 2.45) is 0 Å². The number of aromatic nitrogens is 18. The minimum atomic E-state index is -0.781. The highest BCUT2D eigenvalue weighted by atomic mass is 19.1. The average molecular weight is 1560 g/mol. The second kappa shape index (κ2) is 38.3. The van der Waals surface area contributed by atoms with Crippen molar-refractivity contribution < 1.29 is 37.1 Å². The Bertz CT molecular complexity index is 5860. The van der Waals surface area contributed by atoms with Gasteiger partial charge in [0, 0.05) is 87.2 Å². The molecule has 5 amide bonds. The Morgan fingerprint density at radius 1 is 0.325 bits per heavy atom. The lowest BCUT2D eigenvalue weighted by Crippen LogP contribution is -2.38. The maximum atomic E-state index is 13.4. The molecule has 0 saturated carbocycles. The van der Waals surface area contributed by atoms with Crippen molar-refractivity contribution in [3.05, 3.63) is 342 Å². The van der Waals surface area contributed by atoms with Crippen molar-refractivity contribution in [2.45, 2.75) is 34.2 Å². The lowest BCUT2D eigenvalue weighted by molar-refractivity contribution is 0.0892. The third-order valence-corrected chi connectivity index (χ3v) is 16.6.